The lowest BCUT2D eigenvalue weighted by Crippen LogP contribution is -2.32. The predicted octanol–water partition coefficient (Wildman–Crippen LogP) is 1.73. The van der Waals surface area contributed by atoms with Crippen molar-refractivity contribution >= 4 is 39.0 Å². The van der Waals surface area contributed by atoms with E-state index in [1.54, 1.807) is 19.2 Å². The zero-order valence-corrected chi connectivity index (χ0v) is 11.5. The normalized spacial score (nSPS) is 10.4. The quantitative estimate of drug-likeness (QED) is 0.685. The van der Waals surface area contributed by atoms with Gasteiger partial charge in [0.2, 0.25) is 0 Å². The van der Waals surface area contributed by atoms with Crippen LogP contribution in [0.4, 0.5) is 5.69 Å². The van der Waals surface area contributed by atoms with Crippen LogP contribution in [0.5, 0.6) is 0 Å². The van der Waals surface area contributed by atoms with Crippen LogP contribution in [-0.2, 0) is 9.53 Å². The topological polar surface area (TPSA) is 72.6 Å². The fraction of sp³-hybridized carbons (Fsp3) is 0.231. The van der Waals surface area contributed by atoms with E-state index >= 15 is 0 Å². The molecule has 0 aliphatic heterocycles. The van der Waals surface area contributed by atoms with E-state index in [4.69, 9.17) is 5.73 Å². The van der Waals surface area contributed by atoms with Gasteiger partial charge in [0, 0.05) is 17.4 Å². The number of nitrogens with two attached hydrogens (primary N) is 1. The molecule has 19 heavy (non-hydrogen) atoms. The highest BCUT2D eigenvalue weighted by Gasteiger charge is 2.17. The minimum atomic E-state index is -0.443. The number of carbonyl (C=O) groups is 2. The van der Waals surface area contributed by atoms with Crippen LogP contribution in [0.3, 0.4) is 0 Å². The van der Waals surface area contributed by atoms with Crippen LogP contribution < -0.4 is 5.73 Å². The van der Waals surface area contributed by atoms with Gasteiger partial charge >= 0.3 is 5.97 Å². The Bertz CT molecular complexity index is 636. The van der Waals surface area contributed by atoms with Gasteiger partial charge in [-0.15, -0.1) is 11.3 Å². The van der Waals surface area contributed by atoms with Gasteiger partial charge < -0.3 is 15.4 Å². The second kappa shape index (κ2) is 5.27. The van der Waals surface area contributed by atoms with Crippen LogP contribution in [-0.4, -0.2) is 37.5 Å². The lowest BCUT2D eigenvalue weighted by Gasteiger charge is -2.13. The maximum atomic E-state index is 12.1. The second-order valence-electron chi connectivity index (χ2n) is 4.15. The summed E-state index contributed by atoms with van der Waals surface area (Å²) in [6, 6.07) is 7.28. The number of rotatable bonds is 3. The van der Waals surface area contributed by atoms with E-state index < -0.39 is 5.97 Å². The number of esters is 1. The Hall–Kier alpha value is -2.08. The van der Waals surface area contributed by atoms with E-state index in [1.165, 1.54) is 23.3 Å². The number of fused-ring (bicyclic) bond motifs is 1. The third-order valence-corrected chi connectivity index (χ3v) is 3.80. The standard InChI is InChI=1S/C13H14N2O3S/c1-15(7-12(16)18-2)13(17)11-6-8-5-9(14)3-4-10(8)19-11/h3-6H,7,14H2,1-2H3. The van der Waals surface area contributed by atoms with Crippen LogP contribution in [0, 0.1) is 0 Å². The molecule has 0 radical (unpaired) electrons. The first-order chi connectivity index (χ1) is 9.01. The first kappa shape index (κ1) is 13.4. The number of nitrogens with zero attached hydrogens (tertiary/aromatic N) is 1. The van der Waals surface area contributed by atoms with Crippen LogP contribution in [0.1, 0.15) is 9.67 Å². The van der Waals surface area contributed by atoms with Crippen molar-refractivity contribution in [3.63, 3.8) is 0 Å². The molecule has 0 aliphatic carbocycles. The van der Waals surface area contributed by atoms with Gasteiger partial charge in [0.1, 0.15) is 6.54 Å². The fourth-order valence-electron chi connectivity index (χ4n) is 1.69. The Balaban J connectivity index is 2.23. The summed E-state index contributed by atoms with van der Waals surface area (Å²) in [7, 11) is 2.86. The maximum absolute atomic E-state index is 12.1. The average molecular weight is 278 g/mol. The first-order valence-corrected chi connectivity index (χ1v) is 6.44. The zero-order chi connectivity index (χ0) is 14.0. The summed E-state index contributed by atoms with van der Waals surface area (Å²) < 4.78 is 5.53. The lowest BCUT2D eigenvalue weighted by atomic mass is 10.2. The molecule has 0 atom stereocenters. The van der Waals surface area contributed by atoms with Crippen molar-refractivity contribution in [1.29, 1.82) is 0 Å². The number of hydrogen-bond acceptors (Lipinski definition) is 5. The first-order valence-electron chi connectivity index (χ1n) is 5.62. The van der Waals surface area contributed by atoms with Gasteiger partial charge in [-0.2, -0.15) is 0 Å². The zero-order valence-electron chi connectivity index (χ0n) is 10.7. The number of nitrogen functional groups attached to an aromatic ring is 1. The van der Waals surface area contributed by atoms with Crippen LogP contribution in [0.15, 0.2) is 24.3 Å². The molecule has 5 nitrogen and oxygen atoms in total. The Labute approximate surface area is 114 Å². The predicted molar refractivity (Wildman–Crippen MR) is 75.2 cm³/mol. The molecular formula is C13H14N2O3S. The summed E-state index contributed by atoms with van der Waals surface area (Å²) in [5, 5.41) is 0.930. The Morgan fingerprint density at radius 2 is 2.11 bits per heavy atom. The van der Waals surface area contributed by atoms with Crippen molar-refractivity contribution in [3.8, 4) is 0 Å². The van der Waals surface area contributed by atoms with Crippen molar-refractivity contribution in [2.75, 3.05) is 26.4 Å². The Morgan fingerprint density at radius 1 is 1.37 bits per heavy atom. The molecule has 2 rings (SSSR count). The van der Waals surface area contributed by atoms with E-state index in [0.29, 0.717) is 10.6 Å². The molecule has 2 aromatic rings. The monoisotopic (exact) mass is 278 g/mol. The highest BCUT2D eigenvalue weighted by Crippen LogP contribution is 2.27. The SMILES string of the molecule is COC(=O)CN(C)C(=O)c1cc2cc(N)ccc2s1. The van der Waals surface area contributed by atoms with Gasteiger partial charge in [-0.1, -0.05) is 0 Å². The molecule has 0 unspecified atom stereocenters. The van der Waals surface area contributed by atoms with E-state index in [2.05, 4.69) is 4.74 Å². The molecule has 1 aromatic heterocycles. The van der Waals surface area contributed by atoms with E-state index in [0.717, 1.165) is 10.1 Å². The van der Waals surface area contributed by atoms with Gasteiger partial charge in [0.05, 0.1) is 12.0 Å². The Kier molecular flexibility index (Phi) is 3.71. The summed E-state index contributed by atoms with van der Waals surface area (Å²) in [5.41, 5.74) is 6.36. The summed E-state index contributed by atoms with van der Waals surface area (Å²) in [4.78, 5) is 25.2. The van der Waals surface area contributed by atoms with E-state index in [9.17, 15) is 9.59 Å². The molecule has 0 spiro atoms. The number of amides is 1. The maximum Gasteiger partial charge on any atom is 0.325 e. The molecule has 1 amide bonds. The van der Waals surface area contributed by atoms with E-state index in [1.807, 2.05) is 12.1 Å². The number of hydrogen-bond donors (Lipinski definition) is 1. The largest absolute Gasteiger partial charge is 0.468 e. The number of likely N-dealkylation sites (N-methyl/N-ethyl adjacent to an activating group) is 1. The van der Waals surface area contributed by atoms with Crippen LogP contribution in [0.25, 0.3) is 10.1 Å². The molecule has 100 valence electrons. The number of carbonyl (C=O) groups excluding carboxylic acids is 2. The molecule has 0 fully saturated rings. The van der Waals surface area contributed by atoms with Gasteiger partial charge in [-0.25, -0.2) is 0 Å². The highest BCUT2D eigenvalue weighted by molar-refractivity contribution is 7.20. The van der Waals surface area contributed by atoms with Crippen LogP contribution >= 0.6 is 11.3 Å². The average Bonchev–Trinajstić information content (AvgIpc) is 2.80. The minimum Gasteiger partial charge on any atom is -0.468 e. The number of thiophene rings is 1. The molecule has 1 aromatic carbocycles. The smallest absolute Gasteiger partial charge is 0.325 e. The van der Waals surface area contributed by atoms with Crippen molar-refractivity contribution in [3.05, 3.63) is 29.1 Å². The van der Waals surface area contributed by atoms with Crippen molar-refractivity contribution in [2.24, 2.45) is 0 Å². The Morgan fingerprint density at radius 3 is 2.79 bits per heavy atom. The molecule has 0 aliphatic rings. The minimum absolute atomic E-state index is 0.0638. The van der Waals surface area contributed by atoms with E-state index in [-0.39, 0.29) is 12.5 Å². The number of methoxy groups -OCH3 is 1. The van der Waals surface area contributed by atoms with Crippen molar-refractivity contribution < 1.29 is 14.3 Å². The van der Waals surface area contributed by atoms with Crippen molar-refractivity contribution in [1.82, 2.24) is 4.90 Å². The third kappa shape index (κ3) is 2.85. The number of ether oxygens (including phenoxy) is 1. The molecule has 2 N–H and O–H groups in total. The van der Waals surface area contributed by atoms with Gasteiger partial charge in [-0.05, 0) is 29.7 Å². The molecule has 6 heteroatoms. The van der Waals surface area contributed by atoms with Crippen LogP contribution in [0.2, 0.25) is 0 Å². The molecule has 0 bridgehead atoms. The summed E-state index contributed by atoms with van der Waals surface area (Å²) in [6.07, 6.45) is 0. The number of anilines is 1. The molecule has 0 saturated carbocycles. The fourth-order valence-corrected chi connectivity index (χ4v) is 2.72. The van der Waals surface area contributed by atoms with Gasteiger partial charge in [0.25, 0.3) is 5.91 Å². The molecule has 1 heterocycles. The summed E-state index contributed by atoms with van der Waals surface area (Å²) in [6.45, 7) is -0.0638. The third-order valence-electron chi connectivity index (χ3n) is 2.69. The lowest BCUT2D eigenvalue weighted by molar-refractivity contribution is -0.141. The summed E-state index contributed by atoms with van der Waals surface area (Å²) in [5.74, 6) is -0.647. The molecular weight excluding hydrogens is 264 g/mol. The second-order valence-corrected chi connectivity index (χ2v) is 5.23. The highest BCUT2D eigenvalue weighted by atomic mass is 32.1. The van der Waals surface area contributed by atoms with Crippen molar-refractivity contribution in [2.45, 2.75) is 0 Å². The van der Waals surface area contributed by atoms with Gasteiger partial charge in [-0.3, -0.25) is 9.59 Å². The summed E-state index contributed by atoms with van der Waals surface area (Å²) >= 11 is 1.38. The van der Waals surface area contributed by atoms with Gasteiger partial charge in [0.15, 0.2) is 0 Å². The number of benzene rings is 1. The molecule has 0 saturated heterocycles.